The number of nitrogens with one attached hydrogen (secondary N) is 1. The molecule has 96 valence electrons. The Balaban J connectivity index is 2.25. The van der Waals surface area contributed by atoms with E-state index in [2.05, 4.69) is 26.7 Å². The van der Waals surface area contributed by atoms with E-state index >= 15 is 0 Å². The third-order valence-corrected chi connectivity index (χ3v) is 3.71. The maximum Gasteiger partial charge on any atom is 0.128 e. The first kappa shape index (κ1) is 13.0. The topological polar surface area (TPSA) is 63.8 Å². The van der Waals surface area contributed by atoms with Crippen LogP contribution in [0.1, 0.15) is 27.9 Å². The van der Waals surface area contributed by atoms with Crippen molar-refractivity contribution in [1.29, 1.82) is 0 Å². The molecule has 5 heteroatoms. The highest BCUT2D eigenvalue weighted by Crippen LogP contribution is 2.23. The van der Waals surface area contributed by atoms with Gasteiger partial charge in [0.1, 0.15) is 5.82 Å². The van der Waals surface area contributed by atoms with Crippen molar-refractivity contribution in [3.8, 4) is 0 Å². The van der Waals surface area contributed by atoms with Gasteiger partial charge in [0.15, 0.2) is 0 Å². The Bertz CT molecular complexity index is 536. The summed E-state index contributed by atoms with van der Waals surface area (Å²) < 4.78 is 0. The Morgan fingerprint density at radius 2 is 2.22 bits per heavy atom. The van der Waals surface area contributed by atoms with Crippen LogP contribution in [0.15, 0.2) is 17.6 Å². The minimum Gasteiger partial charge on any atom is -0.383 e. The molecule has 2 heterocycles. The average molecular weight is 262 g/mol. The smallest absolute Gasteiger partial charge is 0.128 e. The Morgan fingerprint density at radius 1 is 1.44 bits per heavy atom. The monoisotopic (exact) mass is 262 g/mol. The summed E-state index contributed by atoms with van der Waals surface area (Å²) in [7, 11) is 1.94. The zero-order valence-corrected chi connectivity index (χ0v) is 11.7. The van der Waals surface area contributed by atoms with Crippen molar-refractivity contribution in [2.24, 2.45) is 0 Å². The molecule has 1 atom stereocenters. The molecule has 0 aromatic carbocycles. The van der Waals surface area contributed by atoms with E-state index < -0.39 is 0 Å². The number of likely N-dealkylation sites (N-methyl/N-ethyl adjacent to an activating group) is 1. The van der Waals surface area contributed by atoms with Gasteiger partial charge in [-0.05, 0) is 32.5 Å². The van der Waals surface area contributed by atoms with Crippen LogP contribution in [0.3, 0.4) is 0 Å². The second-order valence-corrected chi connectivity index (χ2v) is 5.45. The van der Waals surface area contributed by atoms with Crippen molar-refractivity contribution in [3.05, 3.63) is 39.5 Å². The molecule has 0 fully saturated rings. The first-order valence-corrected chi connectivity index (χ1v) is 6.78. The van der Waals surface area contributed by atoms with Gasteiger partial charge in [-0.2, -0.15) is 0 Å². The van der Waals surface area contributed by atoms with Crippen LogP contribution < -0.4 is 11.1 Å². The van der Waals surface area contributed by atoms with E-state index in [4.69, 9.17) is 5.73 Å². The van der Waals surface area contributed by atoms with Gasteiger partial charge in [0, 0.05) is 29.6 Å². The highest BCUT2D eigenvalue weighted by atomic mass is 32.1. The quantitative estimate of drug-likeness (QED) is 0.887. The summed E-state index contributed by atoms with van der Waals surface area (Å²) in [5, 5.41) is 6.48. The Hall–Kier alpha value is -1.46. The molecule has 2 rings (SSSR count). The van der Waals surface area contributed by atoms with Crippen LogP contribution in [-0.2, 0) is 6.42 Å². The minimum absolute atomic E-state index is 0.152. The first-order valence-electron chi connectivity index (χ1n) is 5.90. The molecule has 2 aromatic rings. The maximum absolute atomic E-state index is 5.96. The highest BCUT2D eigenvalue weighted by molar-refractivity contribution is 7.09. The lowest BCUT2D eigenvalue weighted by Crippen LogP contribution is -2.21. The summed E-state index contributed by atoms with van der Waals surface area (Å²) in [5.74, 6) is 0.590. The van der Waals surface area contributed by atoms with E-state index in [0.29, 0.717) is 5.82 Å². The van der Waals surface area contributed by atoms with Crippen molar-refractivity contribution >= 4 is 17.2 Å². The van der Waals surface area contributed by atoms with Gasteiger partial charge < -0.3 is 11.1 Å². The van der Waals surface area contributed by atoms with Crippen molar-refractivity contribution in [2.75, 3.05) is 12.8 Å². The average Bonchev–Trinajstić information content (AvgIpc) is 2.75. The highest BCUT2D eigenvalue weighted by Gasteiger charge is 2.15. The van der Waals surface area contributed by atoms with Gasteiger partial charge in [0.05, 0.1) is 10.7 Å². The normalized spacial score (nSPS) is 12.6. The molecule has 0 spiro atoms. The van der Waals surface area contributed by atoms with Crippen molar-refractivity contribution in [3.63, 3.8) is 0 Å². The molecule has 0 saturated carbocycles. The molecular weight excluding hydrogens is 244 g/mol. The number of pyridine rings is 1. The van der Waals surface area contributed by atoms with Gasteiger partial charge in [-0.3, -0.25) is 0 Å². The predicted molar refractivity (Wildman–Crippen MR) is 75.7 cm³/mol. The van der Waals surface area contributed by atoms with Gasteiger partial charge in [0.2, 0.25) is 0 Å². The van der Waals surface area contributed by atoms with Crippen molar-refractivity contribution in [1.82, 2.24) is 15.3 Å². The summed E-state index contributed by atoms with van der Waals surface area (Å²) in [6.45, 7) is 4.04. The number of rotatable bonds is 4. The fourth-order valence-corrected chi connectivity index (χ4v) is 2.59. The number of hydrogen-bond donors (Lipinski definition) is 2. The summed E-state index contributed by atoms with van der Waals surface area (Å²) in [4.78, 5) is 8.71. The fraction of sp³-hybridized carbons (Fsp3) is 0.385. The summed E-state index contributed by atoms with van der Waals surface area (Å²) in [6, 6.07) is 2.24. The minimum atomic E-state index is 0.152. The van der Waals surface area contributed by atoms with E-state index in [1.807, 2.05) is 20.9 Å². The van der Waals surface area contributed by atoms with Gasteiger partial charge in [-0.15, -0.1) is 11.3 Å². The lowest BCUT2D eigenvalue weighted by molar-refractivity contribution is 0.585. The predicted octanol–water partition coefficient (Wildman–Crippen LogP) is 2.24. The van der Waals surface area contributed by atoms with Crippen LogP contribution >= 0.6 is 11.3 Å². The molecule has 0 saturated heterocycles. The van der Waals surface area contributed by atoms with E-state index in [-0.39, 0.29) is 6.04 Å². The van der Waals surface area contributed by atoms with Crippen LogP contribution in [0.4, 0.5) is 5.82 Å². The lowest BCUT2D eigenvalue weighted by atomic mass is 10.0. The Kier molecular flexibility index (Phi) is 3.93. The SMILES string of the molecule is CNC(Cc1csc(C)n1)c1cc(C)cnc1N. The van der Waals surface area contributed by atoms with Gasteiger partial charge in [-0.1, -0.05) is 0 Å². The molecule has 0 radical (unpaired) electrons. The second-order valence-electron chi connectivity index (χ2n) is 4.39. The molecule has 1 unspecified atom stereocenters. The van der Waals surface area contributed by atoms with Crippen LogP contribution in [0.5, 0.6) is 0 Å². The number of nitrogens with two attached hydrogens (primary N) is 1. The van der Waals surface area contributed by atoms with Gasteiger partial charge in [-0.25, -0.2) is 9.97 Å². The van der Waals surface area contributed by atoms with E-state index in [0.717, 1.165) is 28.2 Å². The molecule has 0 amide bonds. The van der Waals surface area contributed by atoms with Crippen molar-refractivity contribution < 1.29 is 0 Å². The molecule has 2 aromatic heterocycles. The first-order chi connectivity index (χ1) is 8.60. The van der Waals surface area contributed by atoms with Gasteiger partial charge in [0.25, 0.3) is 0 Å². The molecule has 3 N–H and O–H groups in total. The molecule has 0 aliphatic heterocycles. The third kappa shape index (κ3) is 2.86. The van der Waals surface area contributed by atoms with Gasteiger partial charge >= 0.3 is 0 Å². The van der Waals surface area contributed by atoms with E-state index in [9.17, 15) is 0 Å². The fourth-order valence-electron chi connectivity index (χ4n) is 1.96. The third-order valence-electron chi connectivity index (χ3n) is 2.89. The number of anilines is 1. The van der Waals surface area contributed by atoms with E-state index in [1.54, 1.807) is 17.5 Å². The summed E-state index contributed by atoms with van der Waals surface area (Å²) in [6.07, 6.45) is 2.62. The molecular formula is C13H18N4S. The van der Waals surface area contributed by atoms with E-state index in [1.165, 1.54) is 0 Å². The Morgan fingerprint density at radius 3 is 2.83 bits per heavy atom. The van der Waals surface area contributed by atoms with Crippen LogP contribution in [-0.4, -0.2) is 17.0 Å². The summed E-state index contributed by atoms with van der Waals surface area (Å²) >= 11 is 1.67. The lowest BCUT2D eigenvalue weighted by Gasteiger charge is -2.17. The zero-order valence-electron chi connectivity index (χ0n) is 10.9. The molecule has 0 bridgehead atoms. The van der Waals surface area contributed by atoms with Crippen molar-refractivity contribution in [2.45, 2.75) is 26.3 Å². The molecule has 0 aliphatic carbocycles. The zero-order chi connectivity index (χ0) is 13.1. The Labute approximate surface area is 111 Å². The van der Waals surface area contributed by atoms with Crippen LogP contribution in [0.2, 0.25) is 0 Å². The number of thiazole rings is 1. The summed E-state index contributed by atoms with van der Waals surface area (Å²) in [5.41, 5.74) is 9.21. The number of aromatic nitrogens is 2. The van der Waals surface area contributed by atoms with Crippen LogP contribution in [0.25, 0.3) is 0 Å². The molecule has 18 heavy (non-hydrogen) atoms. The van der Waals surface area contributed by atoms with Crippen LogP contribution in [0, 0.1) is 13.8 Å². The standard InChI is InChI=1S/C13H18N4S/c1-8-4-11(13(14)16-6-8)12(15-3)5-10-7-18-9(2)17-10/h4,6-7,12,15H,5H2,1-3H3,(H2,14,16). The maximum atomic E-state index is 5.96. The second kappa shape index (κ2) is 5.46. The molecule has 0 aliphatic rings. The number of aryl methyl sites for hydroxylation is 2. The largest absolute Gasteiger partial charge is 0.383 e. The number of nitrogen functional groups attached to an aromatic ring is 1. The number of hydrogen-bond acceptors (Lipinski definition) is 5. The molecule has 4 nitrogen and oxygen atoms in total. The number of nitrogens with zero attached hydrogens (tertiary/aromatic N) is 2.